The van der Waals surface area contributed by atoms with Gasteiger partial charge in [0.05, 0.1) is 6.54 Å². The van der Waals surface area contributed by atoms with Crippen LogP contribution in [0.15, 0.2) is 0 Å². The minimum absolute atomic E-state index is 0. The minimum atomic E-state index is -4.47. The number of hydrogen-bond acceptors (Lipinski definition) is 5. The van der Waals surface area contributed by atoms with E-state index in [9.17, 15) is 8.42 Å². The molecule has 0 aromatic rings. The molecule has 0 radical (unpaired) electrons. The van der Waals surface area contributed by atoms with Crippen LogP contribution < -0.4 is 35.3 Å². The van der Waals surface area contributed by atoms with Crippen molar-refractivity contribution >= 4 is 10.1 Å². The molecule has 0 saturated heterocycles. The van der Waals surface area contributed by atoms with Gasteiger partial charge in [-0.3, -0.25) is 4.55 Å². The molecule has 0 aliphatic heterocycles. The molecule has 0 saturated carbocycles. The van der Waals surface area contributed by atoms with E-state index in [-0.39, 0.29) is 44.2 Å². The fourth-order valence-corrected chi connectivity index (χ4v) is 1.60. The van der Waals surface area contributed by atoms with Crippen LogP contribution in [-0.2, 0) is 19.6 Å². The molecule has 3 N–H and O–H groups in total. The Hall–Kier alpha value is 0.790. The van der Waals surface area contributed by atoms with Crippen molar-refractivity contribution in [2.24, 2.45) is 5.73 Å². The van der Waals surface area contributed by atoms with E-state index in [1.54, 1.807) is 13.8 Å². The van der Waals surface area contributed by atoms with Crippen LogP contribution in [0.3, 0.4) is 0 Å². The molecule has 0 rings (SSSR count). The van der Waals surface area contributed by atoms with E-state index in [2.05, 4.69) is 0 Å². The Kier molecular flexibility index (Phi) is 8.75. The molecule has 0 aromatic heterocycles. The Morgan fingerprint density at radius 2 is 1.71 bits per heavy atom. The maximum atomic E-state index is 10.9. The molecule has 0 atom stereocenters. The molecule has 0 unspecified atom stereocenters. The second-order valence-corrected chi connectivity index (χ2v) is 3.80. The quantitative estimate of drug-likeness (QED) is 0.285. The second-order valence-electron chi connectivity index (χ2n) is 2.23. The summed E-state index contributed by atoms with van der Waals surface area (Å²) in [7, 11) is -4.47. The zero-order chi connectivity index (χ0) is 10.5. The first-order valence-electron chi connectivity index (χ1n) is 3.88. The summed E-state index contributed by atoms with van der Waals surface area (Å²) in [6.07, 6.45) is 0. The second kappa shape index (κ2) is 7.13. The first-order chi connectivity index (χ1) is 5.93. The van der Waals surface area contributed by atoms with Crippen molar-refractivity contribution in [1.82, 2.24) is 0 Å². The maximum absolute atomic E-state index is 10.9. The third-order valence-electron chi connectivity index (χ3n) is 1.37. The summed E-state index contributed by atoms with van der Waals surface area (Å²) in [6.45, 7) is 2.87. The van der Waals surface area contributed by atoms with Gasteiger partial charge in [0.2, 0.25) is 0 Å². The van der Waals surface area contributed by atoms with Gasteiger partial charge in [-0.25, -0.2) is 0 Å². The maximum Gasteiger partial charge on any atom is 1.00 e. The molecule has 0 fully saturated rings. The van der Waals surface area contributed by atoms with Crippen LogP contribution in [0.4, 0.5) is 0 Å². The van der Waals surface area contributed by atoms with E-state index in [0.717, 1.165) is 0 Å². The predicted molar refractivity (Wildman–Crippen MR) is 47.7 cm³/mol. The Labute approximate surface area is 108 Å². The first kappa shape index (κ1) is 17.2. The number of nitrogens with two attached hydrogens (primary N) is 1. The van der Waals surface area contributed by atoms with Crippen molar-refractivity contribution in [3.8, 4) is 0 Å². The van der Waals surface area contributed by atoms with Gasteiger partial charge in [0, 0.05) is 13.2 Å². The molecule has 0 bridgehead atoms. The fraction of sp³-hybridized carbons (Fsp3) is 1.00. The van der Waals surface area contributed by atoms with Crippen LogP contribution in [0.5, 0.6) is 0 Å². The zero-order valence-corrected chi connectivity index (χ0v) is 11.5. The summed E-state index contributed by atoms with van der Waals surface area (Å²) in [5, 5.41) is -2.11. The zero-order valence-electron chi connectivity index (χ0n) is 9.69. The van der Waals surface area contributed by atoms with Crippen molar-refractivity contribution in [3.05, 3.63) is 0 Å². The molecule has 14 heavy (non-hydrogen) atoms. The molecule has 6 nitrogen and oxygen atoms in total. The van der Waals surface area contributed by atoms with Gasteiger partial charge >= 0.3 is 44.8 Å². The van der Waals surface area contributed by atoms with E-state index in [1.807, 2.05) is 0 Å². The van der Waals surface area contributed by atoms with E-state index in [1.165, 1.54) is 0 Å². The summed E-state index contributed by atoms with van der Waals surface area (Å²) in [6, 6.07) is 0. The largest absolute Gasteiger partial charge is 1.00 e. The van der Waals surface area contributed by atoms with Crippen molar-refractivity contribution in [2.75, 3.05) is 19.8 Å². The van der Waals surface area contributed by atoms with Gasteiger partial charge in [-0.15, -0.1) is 0 Å². The van der Waals surface area contributed by atoms with E-state index >= 15 is 0 Å². The molecular formula is C6H16NNaO5S. The van der Waals surface area contributed by atoms with Crippen LogP contribution in [0.1, 0.15) is 15.3 Å². The van der Waals surface area contributed by atoms with E-state index in [0.29, 0.717) is 0 Å². The van der Waals surface area contributed by atoms with Gasteiger partial charge < -0.3 is 16.6 Å². The normalized spacial score (nSPS) is 12.3. The molecule has 0 amide bonds. The average molecular weight is 237 g/mol. The monoisotopic (exact) mass is 237 g/mol. The van der Waals surface area contributed by atoms with E-state index < -0.39 is 21.8 Å². The molecule has 0 spiro atoms. The van der Waals surface area contributed by atoms with Crippen molar-refractivity contribution in [3.63, 3.8) is 0 Å². The predicted octanol–water partition coefficient (Wildman–Crippen LogP) is -3.32. The molecule has 0 aromatic carbocycles. The first-order valence-corrected chi connectivity index (χ1v) is 5.32. The molecule has 8 heteroatoms. The Bertz CT molecular complexity index is 242. The molecule has 0 heterocycles. The minimum Gasteiger partial charge on any atom is -1.00 e. The summed E-state index contributed by atoms with van der Waals surface area (Å²) < 4.78 is 40.2. The topological polar surface area (TPSA) is 98.9 Å². The Morgan fingerprint density at radius 1 is 1.36 bits per heavy atom. The van der Waals surface area contributed by atoms with Gasteiger partial charge in [-0.05, 0) is 13.8 Å². The SMILES string of the molecule is CCOC(CN)(OCC)S(=O)(=O)O.[H-].[Na+]. The molecule has 0 aliphatic carbocycles. The van der Waals surface area contributed by atoms with Gasteiger partial charge in [0.25, 0.3) is 0 Å². The summed E-state index contributed by atoms with van der Waals surface area (Å²) in [5.41, 5.74) is 5.18. The third-order valence-corrected chi connectivity index (χ3v) is 2.56. The summed E-state index contributed by atoms with van der Waals surface area (Å²) in [4.78, 5) is 0. The number of rotatable bonds is 6. The standard InChI is InChI=1S/C6H15NO5S.Na.H/c1-3-11-6(5-7,12-4-2)13(8,9)10;;/h3-5,7H2,1-2H3,(H,8,9,10);;/q;+1;-1. The fourth-order valence-electron chi connectivity index (χ4n) is 0.854. The number of hydrogen-bond donors (Lipinski definition) is 2. The smallest absolute Gasteiger partial charge is 1.00 e. The van der Waals surface area contributed by atoms with Gasteiger partial charge in [-0.1, -0.05) is 0 Å². The Morgan fingerprint density at radius 3 is 1.86 bits per heavy atom. The van der Waals surface area contributed by atoms with Gasteiger partial charge in [0.15, 0.2) is 0 Å². The van der Waals surface area contributed by atoms with E-state index in [4.69, 9.17) is 19.8 Å². The third kappa shape index (κ3) is 4.11. The molecular weight excluding hydrogens is 221 g/mol. The summed E-state index contributed by atoms with van der Waals surface area (Å²) >= 11 is 0. The van der Waals surface area contributed by atoms with Crippen LogP contribution in [0.25, 0.3) is 0 Å². The van der Waals surface area contributed by atoms with Crippen LogP contribution >= 0.6 is 0 Å². The van der Waals surface area contributed by atoms with Crippen molar-refractivity contribution in [2.45, 2.75) is 19.0 Å². The number of ether oxygens (including phenoxy) is 2. The van der Waals surface area contributed by atoms with Crippen LogP contribution in [0, 0.1) is 0 Å². The molecule has 0 aliphatic rings. The van der Waals surface area contributed by atoms with Crippen molar-refractivity contribution in [1.29, 1.82) is 0 Å². The van der Waals surface area contributed by atoms with Crippen molar-refractivity contribution < 1.29 is 53.4 Å². The van der Waals surface area contributed by atoms with Crippen LogP contribution in [-0.4, -0.2) is 37.8 Å². The Balaban J connectivity index is -0.000000720. The van der Waals surface area contributed by atoms with Gasteiger partial charge in [0.1, 0.15) is 0 Å². The summed E-state index contributed by atoms with van der Waals surface area (Å²) in [5.74, 6) is 0. The molecule has 82 valence electrons. The average Bonchev–Trinajstić information content (AvgIpc) is 2.02. The van der Waals surface area contributed by atoms with Gasteiger partial charge in [-0.2, -0.15) is 8.42 Å². The van der Waals surface area contributed by atoms with Crippen LogP contribution in [0.2, 0.25) is 0 Å².